The van der Waals surface area contributed by atoms with Crippen molar-refractivity contribution in [3.8, 4) is 11.1 Å². The molecule has 1 aromatic heterocycles. The summed E-state index contributed by atoms with van der Waals surface area (Å²) in [4.78, 5) is 31.8. The van der Waals surface area contributed by atoms with Gasteiger partial charge in [-0.25, -0.2) is 8.78 Å². The third-order valence-electron chi connectivity index (χ3n) is 9.46. The maximum Gasteiger partial charge on any atom is 0.416 e. The number of fused-ring (bicyclic) bond motifs is 1. The van der Waals surface area contributed by atoms with Gasteiger partial charge >= 0.3 is 6.18 Å². The highest BCUT2D eigenvalue weighted by atomic mass is 35.5. The van der Waals surface area contributed by atoms with Gasteiger partial charge in [0.2, 0.25) is 5.91 Å². The van der Waals surface area contributed by atoms with Crippen molar-refractivity contribution in [3.63, 3.8) is 0 Å². The Morgan fingerprint density at radius 1 is 0.889 bits per heavy atom. The molecule has 0 N–H and O–H groups in total. The predicted octanol–water partition coefficient (Wildman–Crippen LogP) is 9.24. The van der Waals surface area contributed by atoms with Crippen molar-refractivity contribution in [2.75, 3.05) is 33.4 Å². The molecule has 0 spiro atoms. The molecule has 2 heterocycles. The largest absolute Gasteiger partial charge is 0.416 e. The maximum absolute atomic E-state index is 14.6. The molecule has 5 aromatic rings. The molecule has 0 unspecified atom stereocenters. The van der Waals surface area contributed by atoms with Crippen LogP contribution < -0.4 is 5.43 Å². The zero-order chi connectivity index (χ0) is 36.8. The Balaban J connectivity index is 0.00000325. The van der Waals surface area contributed by atoms with E-state index in [-0.39, 0.29) is 60.1 Å². The summed E-state index contributed by atoms with van der Waals surface area (Å²) in [6.07, 6.45) is -2.94. The van der Waals surface area contributed by atoms with Gasteiger partial charge in [-0.3, -0.25) is 9.59 Å². The summed E-state index contributed by atoms with van der Waals surface area (Å²) < 4.78 is 74.9. The van der Waals surface area contributed by atoms with Crippen molar-refractivity contribution in [2.24, 2.45) is 0 Å². The molecule has 288 valence electrons. The Labute approximate surface area is 327 Å². The normalized spacial score (nSPS) is 13.7. The molecular weight excluding hydrogens is 768 g/mol. The van der Waals surface area contributed by atoms with Crippen LogP contribution >= 0.6 is 36.6 Å². The van der Waals surface area contributed by atoms with Crippen molar-refractivity contribution < 1.29 is 31.5 Å². The smallest absolute Gasteiger partial charge is 0.383 e. The van der Waals surface area contributed by atoms with Gasteiger partial charge < -0.3 is 19.1 Å². The molecule has 1 aliphatic rings. The SMILES string of the molecule is COCCN1CCC(N(Cc2ccc(-c3ccc(C(F)(F)F)cc3)cc2)C(=O)Cn2c(SCc3cccc(F)c3F)cc(=O)c3ccccc32)CC1.Cl.Cl. The lowest BCUT2D eigenvalue weighted by atomic mass is 10.00. The monoisotopic (exact) mass is 807 g/mol. The second-order valence-corrected chi connectivity index (χ2v) is 13.8. The fraction of sp³-hybridized carbons (Fsp3) is 0.300. The number of halogens is 7. The summed E-state index contributed by atoms with van der Waals surface area (Å²) in [6.45, 7) is 3.17. The number of alkyl halides is 3. The summed E-state index contributed by atoms with van der Waals surface area (Å²) >= 11 is 1.16. The van der Waals surface area contributed by atoms with E-state index in [0.29, 0.717) is 34.6 Å². The van der Waals surface area contributed by atoms with E-state index in [1.54, 1.807) is 35.9 Å². The number of para-hydroxylation sites is 1. The number of hydrogen-bond donors (Lipinski definition) is 0. The van der Waals surface area contributed by atoms with Crippen LogP contribution in [0.25, 0.3) is 22.0 Å². The molecule has 4 aromatic carbocycles. The number of pyridine rings is 1. The molecule has 1 saturated heterocycles. The topological polar surface area (TPSA) is 54.8 Å². The first kappa shape index (κ1) is 42.8. The minimum Gasteiger partial charge on any atom is -0.383 e. The number of carbonyl (C=O) groups is 1. The molecule has 1 aliphatic heterocycles. The van der Waals surface area contributed by atoms with E-state index in [0.717, 1.165) is 73.6 Å². The average Bonchev–Trinajstić information content (AvgIpc) is 3.15. The number of nitrogens with zero attached hydrogens (tertiary/aromatic N) is 3. The van der Waals surface area contributed by atoms with Crippen molar-refractivity contribution >= 4 is 53.4 Å². The van der Waals surface area contributed by atoms with E-state index in [4.69, 9.17) is 4.74 Å². The average molecular weight is 809 g/mol. The minimum absolute atomic E-state index is 0. The number of thioether (sulfide) groups is 1. The lowest BCUT2D eigenvalue weighted by Crippen LogP contribution is -2.48. The molecule has 1 fully saturated rings. The van der Waals surface area contributed by atoms with Gasteiger partial charge in [0.25, 0.3) is 0 Å². The Bertz CT molecular complexity index is 2070. The number of rotatable bonds is 12. The van der Waals surface area contributed by atoms with Crippen molar-refractivity contribution in [3.05, 3.63) is 136 Å². The number of benzene rings is 4. The van der Waals surface area contributed by atoms with Crippen LogP contribution in [0.5, 0.6) is 0 Å². The van der Waals surface area contributed by atoms with E-state index in [1.165, 1.54) is 30.3 Å². The number of carbonyl (C=O) groups excluding carboxylic acids is 1. The van der Waals surface area contributed by atoms with Crippen molar-refractivity contribution in [1.82, 2.24) is 14.4 Å². The van der Waals surface area contributed by atoms with E-state index in [2.05, 4.69) is 4.90 Å². The highest BCUT2D eigenvalue weighted by Crippen LogP contribution is 2.32. The fourth-order valence-corrected chi connectivity index (χ4v) is 7.61. The second kappa shape index (κ2) is 19.1. The molecule has 0 saturated carbocycles. The zero-order valence-electron chi connectivity index (χ0n) is 29.4. The molecule has 14 heteroatoms. The molecule has 0 radical (unpaired) electrons. The molecule has 1 amide bonds. The van der Waals surface area contributed by atoms with Crippen LogP contribution in [0.2, 0.25) is 0 Å². The lowest BCUT2D eigenvalue weighted by molar-refractivity contribution is -0.137. The molecule has 0 bridgehead atoms. The summed E-state index contributed by atoms with van der Waals surface area (Å²) in [5.41, 5.74) is 1.99. The quantitative estimate of drug-likeness (QED) is 0.0930. The number of methoxy groups -OCH3 is 1. The van der Waals surface area contributed by atoms with Crippen LogP contribution in [0.4, 0.5) is 22.0 Å². The van der Waals surface area contributed by atoms with E-state index in [1.807, 2.05) is 29.2 Å². The van der Waals surface area contributed by atoms with Gasteiger partial charge in [-0.05, 0) is 59.9 Å². The second-order valence-electron chi connectivity index (χ2n) is 12.8. The molecule has 6 rings (SSSR count). The molecular formula is C40H40Cl2F5N3O3S. The molecule has 54 heavy (non-hydrogen) atoms. The van der Waals surface area contributed by atoms with Crippen molar-refractivity contribution in [1.29, 1.82) is 0 Å². The summed E-state index contributed by atoms with van der Waals surface area (Å²) in [6, 6.07) is 24.8. The van der Waals surface area contributed by atoms with Gasteiger partial charge in [-0.2, -0.15) is 13.2 Å². The third-order valence-corrected chi connectivity index (χ3v) is 10.6. The van der Waals surface area contributed by atoms with E-state index >= 15 is 0 Å². The third kappa shape index (κ3) is 10.2. The molecule has 0 atom stereocenters. The van der Waals surface area contributed by atoms with Gasteiger partial charge in [-0.1, -0.05) is 60.7 Å². The van der Waals surface area contributed by atoms with Crippen LogP contribution in [0, 0.1) is 11.6 Å². The van der Waals surface area contributed by atoms with Crippen LogP contribution in [-0.2, 0) is 34.6 Å². The van der Waals surface area contributed by atoms with E-state index < -0.39 is 23.4 Å². The Hall–Kier alpha value is -3.94. The lowest BCUT2D eigenvalue weighted by Gasteiger charge is -2.39. The van der Waals surface area contributed by atoms with Crippen LogP contribution in [0.3, 0.4) is 0 Å². The highest BCUT2D eigenvalue weighted by Gasteiger charge is 2.31. The Morgan fingerprint density at radius 3 is 2.19 bits per heavy atom. The first-order valence-electron chi connectivity index (χ1n) is 17.0. The van der Waals surface area contributed by atoms with Crippen molar-refractivity contribution in [2.45, 2.75) is 48.9 Å². The number of hydrogen-bond acceptors (Lipinski definition) is 5. The van der Waals surface area contributed by atoms with E-state index in [9.17, 15) is 31.5 Å². The van der Waals surface area contributed by atoms with Gasteiger partial charge in [0, 0.05) is 62.1 Å². The molecule has 0 aliphatic carbocycles. The van der Waals surface area contributed by atoms with Crippen LogP contribution in [-0.4, -0.2) is 59.7 Å². The number of aromatic nitrogens is 1. The number of ether oxygens (including phenoxy) is 1. The van der Waals surface area contributed by atoms with Gasteiger partial charge in [-0.15, -0.1) is 36.6 Å². The van der Waals surface area contributed by atoms with Crippen LogP contribution in [0.1, 0.15) is 29.5 Å². The Kier molecular flexibility index (Phi) is 15.1. The number of piperidine rings is 1. The number of likely N-dealkylation sites (tertiary alicyclic amines) is 1. The predicted molar refractivity (Wildman–Crippen MR) is 207 cm³/mol. The fourth-order valence-electron chi connectivity index (χ4n) is 6.57. The van der Waals surface area contributed by atoms with Gasteiger partial charge in [0.05, 0.1) is 22.7 Å². The number of amides is 1. The highest BCUT2D eigenvalue weighted by molar-refractivity contribution is 7.98. The summed E-state index contributed by atoms with van der Waals surface area (Å²) in [7, 11) is 1.66. The first-order valence-corrected chi connectivity index (χ1v) is 18.0. The minimum atomic E-state index is -4.42. The zero-order valence-corrected chi connectivity index (χ0v) is 31.8. The van der Waals surface area contributed by atoms with Crippen LogP contribution in [0.15, 0.2) is 107 Å². The molecule has 6 nitrogen and oxygen atoms in total. The maximum atomic E-state index is 14.6. The summed E-state index contributed by atoms with van der Waals surface area (Å²) in [5, 5.41) is 0.893. The summed E-state index contributed by atoms with van der Waals surface area (Å²) in [5.74, 6) is -2.03. The first-order chi connectivity index (χ1) is 25.0. The van der Waals surface area contributed by atoms with Gasteiger partial charge in [0.1, 0.15) is 6.54 Å². The van der Waals surface area contributed by atoms with Gasteiger partial charge in [0.15, 0.2) is 17.1 Å². The standard InChI is InChI=1S/C40H38F5N3O3S.2ClH/c1-51-22-21-46-19-17-32(18-20-46)47(24-27-9-11-28(12-10-27)29-13-15-31(16-14-29)40(43,44)45)37(50)25-48-35-8-3-2-6-33(35)36(49)23-38(48)52-26-30-5-4-7-34(41)39(30)42;;/h2-16,23,32H,17-22,24-26H2,1H3;2*1H. The Morgan fingerprint density at radius 2 is 1.54 bits per heavy atom.